The highest BCUT2D eigenvalue weighted by Gasteiger charge is 2.27. The first kappa shape index (κ1) is 19.9. The maximum atomic E-state index is 11.7. The number of halogens is 1. The molecule has 1 aromatic heterocycles. The predicted octanol–water partition coefficient (Wildman–Crippen LogP) is 0.970. The van der Waals surface area contributed by atoms with E-state index in [1.54, 1.807) is 18.4 Å². The summed E-state index contributed by atoms with van der Waals surface area (Å²) in [6, 6.07) is 0. The van der Waals surface area contributed by atoms with E-state index in [-0.39, 0.29) is 29.9 Å². The molecule has 0 saturated carbocycles. The Bertz CT molecular complexity index is 525. The summed E-state index contributed by atoms with van der Waals surface area (Å²) in [6.07, 6.45) is 1.82. The number of anilines is 1. The van der Waals surface area contributed by atoms with E-state index in [0.717, 1.165) is 31.3 Å². The van der Waals surface area contributed by atoms with Crippen molar-refractivity contribution < 1.29 is 4.79 Å². The number of nitrogens with one attached hydrogen (secondary N) is 1. The van der Waals surface area contributed by atoms with Crippen LogP contribution in [-0.2, 0) is 4.79 Å². The zero-order chi connectivity index (χ0) is 16.2. The average Bonchev–Trinajstić information content (AvgIpc) is 3.06. The number of carbonyl (C=O) groups excluding carboxylic acids is 1. The Kier molecular flexibility index (Phi) is 7.52. The van der Waals surface area contributed by atoms with Crippen molar-refractivity contribution in [3.8, 4) is 0 Å². The van der Waals surface area contributed by atoms with Crippen molar-refractivity contribution in [1.82, 2.24) is 15.2 Å². The largest absolute Gasteiger partial charge is 0.370 e. The van der Waals surface area contributed by atoms with E-state index in [1.165, 1.54) is 0 Å². The summed E-state index contributed by atoms with van der Waals surface area (Å²) in [5.41, 5.74) is 5.52. The SMILES string of the molecule is CNC(=O)C(C)(C)CN=C(N)N1CCN(c2nccs2)CC1.I. The first-order valence-electron chi connectivity index (χ1n) is 7.35. The molecule has 1 fully saturated rings. The number of piperazine rings is 1. The van der Waals surface area contributed by atoms with Gasteiger partial charge in [0.25, 0.3) is 0 Å². The van der Waals surface area contributed by atoms with Crippen LogP contribution in [0.4, 0.5) is 5.13 Å². The van der Waals surface area contributed by atoms with E-state index in [9.17, 15) is 4.79 Å². The van der Waals surface area contributed by atoms with Crippen molar-refractivity contribution in [2.24, 2.45) is 16.1 Å². The quantitative estimate of drug-likeness (QED) is 0.404. The molecule has 0 aromatic carbocycles. The number of hydrogen-bond donors (Lipinski definition) is 2. The standard InChI is InChI=1S/C14H24N6OS.HI/c1-14(2,11(21)16-3)10-18-12(15)19-5-7-20(8-6-19)13-17-4-9-22-13;/h4,9H,5-8,10H2,1-3H3,(H2,15,18)(H,16,21);1H. The minimum absolute atomic E-state index is 0. The molecule has 1 amide bonds. The van der Waals surface area contributed by atoms with Crippen molar-refractivity contribution in [2.45, 2.75) is 13.8 Å². The zero-order valence-corrected chi connectivity index (χ0v) is 16.9. The van der Waals surface area contributed by atoms with Gasteiger partial charge in [0.05, 0.1) is 12.0 Å². The summed E-state index contributed by atoms with van der Waals surface area (Å²) in [7, 11) is 1.63. The van der Waals surface area contributed by atoms with E-state index in [2.05, 4.69) is 25.1 Å². The fourth-order valence-corrected chi connectivity index (χ4v) is 2.98. The Morgan fingerprint density at radius 1 is 1.43 bits per heavy atom. The van der Waals surface area contributed by atoms with Crippen LogP contribution in [0, 0.1) is 5.41 Å². The topological polar surface area (TPSA) is 86.8 Å². The Morgan fingerprint density at radius 3 is 2.61 bits per heavy atom. The smallest absolute Gasteiger partial charge is 0.227 e. The molecule has 0 spiro atoms. The van der Waals surface area contributed by atoms with Crippen molar-refractivity contribution in [3.05, 3.63) is 11.6 Å². The van der Waals surface area contributed by atoms with E-state index in [1.807, 2.05) is 25.4 Å². The second-order valence-electron chi connectivity index (χ2n) is 5.93. The van der Waals surface area contributed by atoms with Gasteiger partial charge in [0, 0.05) is 44.8 Å². The number of rotatable bonds is 4. The molecule has 0 unspecified atom stereocenters. The third-order valence-corrected chi connectivity index (χ3v) is 4.60. The molecule has 0 aliphatic carbocycles. The van der Waals surface area contributed by atoms with Gasteiger partial charge in [-0.05, 0) is 13.8 Å². The molecule has 130 valence electrons. The highest BCUT2D eigenvalue weighted by Crippen LogP contribution is 2.19. The number of nitrogens with two attached hydrogens (primary N) is 1. The average molecular weight is 452 g/mol. The Labute approximate surface area is 158 Å². The molecule has 1 aromatic rings. The molecule has 3 N–H and O–H groups in total. The van der Waals surface area contributed by atoms with Gasteiger partial charge in [0.1, 0.15) is 0 Å². The normalized spacial score (nSPS) is 16.0. The summed E-state index contributed by atoms with van der Waals surface area (Å²) >= 11 is 1.65. The third-order valence-electron chi connectivity index (χ3n) is 3.77. The van der Waals surface area contributed by atoms with Crippen LogP contribution in [0.2, 0.25) is 0 Å². The Balaban J connectivity index is 0.00000264. The second kappa shape index (κ2) is 8.67. The van der Waals surface area contributed by atoms with Crippen molar-refractivity contribution in [1.29, 1.82) is 0 Å². The van der Waals surface area contributed by atoms with Crippen LogP contribution in [0.1, 0.15) is 13.8 Å². The maximum Gasteiger partial charge on any atom is 0.227 e. The van der Waals surface area contributed by atoms with Gasteiger partial charge >= 0.3 is 0 Å². The second-order valence-corrected chi connectivity index (χ2v) is 6.80. The molecule has 1 aliphatic heterocycles. The van der Waals surface area contributed by atoms with Gasteiger partial charge in [-0.25, -0.2) is 4.98 Å². The van der Waals surface area contributed by atoms with Crippen LogP contribution in [-0.4, -0.2) is 61.5 Å². The summed E-state index contributed by atoms with van der Waals surface area (Å²) in [4.78, 5) is 24.8. The summed E-state index contributed by atoms with van der Waals surface area (Å²) in [5.74, 6) is 0.480. The fourth-order valence-electron chi connectivity index (χ4n) is 2.29. The van der Waals surface area contributed by atoms with Gasteiger partial charge in [-0.15, -0.1) is 35.3 Å². The molecule has 2 heterocycles. The lowest BCUT2D eigenvalue weighted by Crippen LogP contribution is -2.51. The molecule has 0 radical (unpaired) electrons. The van der Waals surface area contributed by atoms with Gasteiger partial charge in [0.2, 0.25) is 5.91 Å². The summed E-state index contributed by atoms with van der Waals surface area (Å²) in [5, 5.41) is 5.69. The first-order chi connectivity index (χ1) is 10.4. The lowest BCUT2D eigenvalue weighted by atomic mass is 9.93. The van der Waals surface area contributed by atoms with Gasteiger partial charge < -0.3 is 20.9 Å². The van der Waals surface area contributed by atoms with E-state index >= 15 is 0 Å². The zero-order valence-electron chi connectivity index (χ0n) is 13.8. The number of thiazole rings is 1. The van der Waals surface area contributed by atoms with Gasteiger partial charge in [-0.3, -0.25) is 9.79 Å². The van der Waals surface area contributed by atoms with E-state index in [4.69, 9.17) is 5.73 Å². The van der Waals surface area contributed by atoms with Crippen molar-refractivity contribution >= 4 is 52.3 Å². The van der Waals surface area contributed by atoms with Crippen LogP contribution in [0.5, 0.6) is 0 Å². The molecule has 1 aliphatic rings. The summed E-state index contributed by atoms with van der Waals surface area (Å²) < 4.78 is 0. The highest BCUT2D eigenvalue weighted by molar-refractivity contribution is 14.0. The first-order valence-corrected chi connectivity index (χ1v) is 8.23. The lowest BCUT2D eigenvalue weighted by Gasteiger charge is -2.35. The molecule has 0 atom stereocenters. The number of guanidine groups is 1. The molecular formula is C14H25IN6OS. The van der Waals surface area contributed by atoms with Crippen molar-refractivity contribution in [2.75, 3.05) is 44.7 Å². The molecule has 23 heavy (non-hydrogen) atoms. The Hall–Kier alpha value is -1.10. The number of carbonyl (C=O) groups is 1. The fraction of sp³-hybridized carbons (Fsp3) is 0.643. The van der Waals surface area contributed by atoms with Crippen LogP contribution in [0.15, 0.2) is 16.6 Å². The molecule has 9 heteroatoms. The number of aromatic nitrogens is 1. The molecular weight excluding hydrogens is 427 g/mol. The van der Waals surface area contributed by atoms with Gasteiger partial charge in [0.15, 0.2) is 11.1 Å². The predicted molar refractivity (Wildman–Crippen MR) is 106 cm³/mol. The van der Waals surface area contributed by atoms with E-state index in [0.29, 0.717) is 12.5 Å². The molecule has 7 nitrogen and oxygen atoms in total. The Morgan fingerprint density at radius 2 is 2.09 bits per heavy atom. The van der Waals surface area contributed by atoms with Gasteiger partial charge in [-0.2, -0.15) is 0 Å². The summed E-state index contributed by atoms with van der Waals surface area (Å²) in [6.45, 7) is 7.49. The molecule has 0 bridgehead atoms. The van der Waals surface area contributed by atoms with Crippen LogP contribution < -0.4 is 16.0 Å². The minimum atomic E-state index is -0.553. The number of nitrogens with zero attached hydrogens (tertiary/aromatic N) is 4. The highest BCUT2D eigenvalue weighted by atomic mass is 127. The number of aliphatic imine (C=N–C) groups is 1. The van der Waals surface area contributed by atoms with Crippen LogP contribution in [0.3, 0.4) is 0 Å². The number of hydrogen-bond acceptors (Lipinski definition) is 5. The van der Waals surface area contributed by atoms with Gasteiger partial charge in [-0.1, -0.05) is 0 Å². The van der Waals surface area contributed by atoms with Crippen molar-refractivity contribution in [3.63, 3.8) is 0 Å². The third kappa shape index (κ3) is 5.20. The maximum absolute atomic E-state index is 11.7. The van der Waals surface area contributed by atoms with Crippen LogP contribution >= 0.6 is 35.3 Å². The van der Waals surface area contributed by atoms with E-state index < -0.39 is 5.41 Å². The lowest BCUT2D eigenvalue weighted by molar-refractivity contribution is -0.128. The molecule has 1 saturated heterocycles. The number of amides is 1. The minimum Gasteiger partial charge on any atom is -0.370 e. The monoisotopic (exact) mass is 452 g/mol. The van der Waals surface area contributed by atoms with Crippen LogP contribution in [0.25, 0.3) is 0 Å². The molecule has 2 rings (SSSR count).